The van der Waals surface area contributed by atoms with Gasteiger partial charge in [0.25, 0.3) is 0 Å². The zero-order valence-corrected chi connectivity index (χ0v) is 12.8. The van der Waals surface area contributed by atoms with Crippen LogP contribution in [0.4, 0.5) is 0 Å². The minimum absolute atomic E-state index is 0.0522. The average Bonchev–Trinajstić information content (AvgIpc) is 2.77. The number of aromatic nitrogens is 2. The quantitative estimate of drug-likeness (QED) is 0.728. The van der Waals surface area contributed by atoms with E-state index in [9.17, 15) is 14.7 Å². The third kappa shape index (κ3) is 2.26. The van der Waals surface area contributed by atoms with Crippen LogP contribution in [0, 0.1) is 0 Å². The molecule has 1 aromatic heterocycles. The first-order valence-electron chi connectivity index (χ1n) is 5.91. The summed E-state index contributed by atoms with van der Waals surface area (Å²) in [5.74, 6) is -1.09. The predicted molar refractivity (Wildman–Crippen MR) is 83.6 cm³/mol. The molecule has 5 nitrogen and oxygen atoms in total. The third-order valence-electron chi connectivity index (χ3n) is 3.11. The molecule has 0 radical (unpaired) electrons. The highest BCUT2D eigenvalue weighted by Crippen LogP contribution is 2.26. The van der Waals surface area contributed by atoms with Crippen molar-refractivity contribution in [2.24, 2.45) is 0 Å². The smallest absolute Gasteiger partial charge is 0.337 e. The van der Waals surface area contributed by atoms with E-state index < -0.39 is 11.7 Å². The molecule has 0 saturated heterocycles. The van der Waals surface area contributed by atoms with E-state index >= 15 is 0 Å². The molecule has 0 atom stereocenters. The molecule has 2 N–H and O–H groups in total. The molecular weight excluding hydrogens is 360 g/mol. The Morgan fingerprint density at radius 1 is 1.29 bits per heavy atom. The van der Waals surface area contributed by atoms with E-state index in [0.717, 1.165) is 0 Å². The predicted octanol–water partition coefficient (Wildman–Crippen LogP) is 3.43. The molecule has 0 spiro atoms. The number of H-pyrrole nitrogens is 1. The van der Waals surface area contributed by atoms with Crippen LogP contribution < -0.4 is 5.69 Å². The Morgan fingerprint density at radius 2 is 2.05 bits per heavy atom. The lowest BCUT2D eigenvalue weighted by molar-refractivity contribution is 0.0699. The van der Waals surface area contributed by atoms with Crippen molar-refractivity contribution in [2.45, 2.75) is 0 Å². The number of nitrogens with one attached hydrogen (secondary N) is 1. The molecule has 3 rings (SSSR count). The van der Waals surface area contributed by atoms with Gasteiger partial charge in [0.05, 0.1) is 27.3 Å². The first-order chi connectivity index (χ1) is 9.99. The van der Waals surface area contributed by atoms with Gasteiger partial charge in [-0.05, 0) is 46.3 Å². The maximum Gasteiger partial charge on any atom is 0.337 e. The number of nitrogens with zero attached hydrogens (tertiary/aromatic N) is 1. The van der Waals surface area contributed by atoms with Gasteiger partial charge in [-0.3, -0.25) is 4.57 Å². The molecule has 2 aromatic carbocycles. The Kier molecular flexibility index (Phi) is 3.35. The van der Waals surface area contributed by atoms with Gasteiger partial charge in [0, 0.05) is 4.47 Å². The van der Waals surface area contributed by atoms with Crippen molar-refractivity contribution in [3.05, 3.63) is 61.9 Å². The van der Waals surface area contributed by atoms with E-state index in [-0.39, 0.29) is 5.56 Å². The van der Waals surface area contributed by atoms with Crippen LogP contribution in [0.1, 0.15) is 10.4 Å². The van der Waals surface area contributed by atoms with Crippen molar-refractivity contribution in [1.82, 2.24) is 9.55 Å². The number of hydrogen-bond acceptors (Lipinski definition) is 2. The van der Waals surface area contributed by atoms with Crippen molar-refractivity contribution in [3.63, 3.8) is 0 Å². The second kappa shape index (κ2) is 5.05. The number of aromatic amines is 1. The van der Waals surface area contributed by atoms with Crippen LogP contribution in [0.3, 0.4) is 0 Å². The van der Waals surface area contributed by atoms with Crippen LogP contribution in [-0.4, -0.2) is 20.6 Å². The van der Waals surface area contributed by atoms with Crippen LogP contribution in [0.15, 0.2) is 45.7 Å². The Bertz CT molecular complexity index is 930. The normalized spacial score (nSPS) is 11.0. The minimum Gasteiger partial charge on any atom is -0.478 e. The van der Waals surface area contributed by atoms with Crippen molar-refractivity contribution in [2.75, 3.05) is 0 Å². The molecule has 0 unspecified atom stereocenters. The SMILES string of the molecule is O=C(O)c1cccc2c1[nH]c(=O)n2-c1ccc(Cl)c(Br)c1. The van der Waals surface area contributed by atoms with Crippen molar-refractivity contribution in [3.8, 4) is 5.69 Å². The van der Waals surface area contributed by atoms with Crippen molar-refractivity contribution < 1.29 is 9.90 Å². The molecule has 0 amide bonds. The lowest BCUT2D eigenvalue weighted by atomic mass is 10.2. The van der Waals surface area contributed by atoms with Crippen molar-refractivity contribution >= 4 is 44.5 Å². The maximum absolute atomic E-state index is 12.2. The largest absolute Gasteiger partial charge is 0.478 e. The number of rotatable bonds is 2. The third-order valence-corrected chi connectivity index (χ3v) is 4.32. The molecule has 0 aliphatic carbocycles. The van der Waals surface area contributed by atoms with Gasteiger partial charge in [0.1, 0.15) is 0 Å². The number of carboxylic acid groups (broad SMARTS) is 1. The first-order valence-corrected chi connectivity index (χ1v) is 7.08. The Labute approximate surface area is 131 Å². The molecule has 106 valence electrons. The number of halogens is 2. The van der Waals surface area contributed by atoms with E-state index in [0.29, 0.717) is 26.2 Å². The second-order valence-corrected chi connectivity index (χ2v) is 5.63. The zero-order chi connectivity index (χ0) is 15.1. The molecule has 1 heterocycles. The average molecular weight is 368 g/mol. The van der Waals surface area contributed by atoms with Gasteiger partial charge in [-0.15, -0.1) is 0 Å². The van der Waals surface area contributed by atoms with Gasteiger partial charge >= 0.3 is 11.7 Å². The molecule has 7 heteroatoms. The first kappa shape index (κ1) is 13.9. The van der Waals surface area contributed by atoms with Crippen LogP contribution in [-0.2, 0) is 0 Å². The standard InChI is InChI=1S/C14H8BrClN2O3/c15-9-6-7(4-5-10(9)16)18-11-3-1-2-8(13(19)20)12(11)17-14(18)21/h1-6H,(H,17,21)(H,19,20). The van der Waals surface area contributed by atoms with E-state index in [1.807, 2.05) is 0 Å². The Balaban J connectivity index is 2.35. The lowest BCUT2D eigenvalue weighted by Gasteiger charge is -2.05. The van der Waals surface area contributed by atoms with Gasteiger partial charge in [-0.1, -0.05) is 17.7 Å². The molecule has 0 aliphatic heterocycles. The summed E-state index contributed by atoms with van der Waals surface area (Å²) >= 11 is 9.25. The number of aromatic carboxylic acids is 1. The summed E-state index contributed by atoms with van der Waals surface area (Å²) in [4.78, 5) is 26.0. The zero-order valence-electron chi connectivity index (χ0n) is 10.4. The molecule has 21 heavy (non-hydrogen) atoms. The van der Waals surface area contributed by atoms with Gasteiger partial charge in [0.2, 0.25) is 0 Å². The second-order valence-electron chi connectivity index (χ2n) is 4.37. The number of para-hydroxylation sites is 1. The Hall–Kier alpha value is -2.05. The van der Waals surface area contributed by atoms with Crippen LogP contribution in [0.2, 0.25) is 5.02 Å². The lowest BCUT2D eigenvalue weighted by Crippen LogP contribution is -2.14. The summed E-state index contributed by atoms with van der Waals surface area (Å²) < 4.78 is 2.06. The van der Waals surface area contributed by atoms with E-state index in [1.165, 1.54) is 10.6 Å². The number of hydrogen-bond donors (Lipinski definition) is 2. The molecule has 0 aliphatic rings. The topological polar surface area (TPSA) is 75.1 Å². The number of carboxylic acids is 1. The Morgan fingerprint density at radius 3 is 2.71 bits per heavy atom. The molecule has 0 bridgehead atoms. The summed E-state index contributed by atoms with van der Waals surface area (Å²) in [6.07, 6.45) is 0. The molecule has 0 saturated carbocycles. The number of imidazole rings is 1. The molecular formula is C14H8BrClN2O3. The highest BCUT2D eigenvalue weighted by Gasteiger charge is 2.15. The summed E-state index contributed by atoms with van der Waals surface area (Å²) in [5, 5.41) is 9.70. The van der Waals surface area contributed by atoms with Gasteiger partial charge in [-0.25, -0.2) is 9.59 Å². The van der Waals surface area contributed by atoms with E-state index in [2.05, 4.69) is 20.9 Å². The molecule has 3 aromatic rings. The number of carbonyl (C=O) groups is 1. The minimum atomic E-state index is -1.09. The van der Waals surface area contributed by atoms with E-state index in [1.54, 1.807) is 30.3 Å². The summed E-state index contributed by atoms with van der Waals surface area (Å²) in [6, 6.07) is 9.78. The highest BCUT2D eigenvalue weighted by molar-refractivity contribution is 9.10. The molecule has 0 fully saturated rings. The number of fused-ring (bicyclic) bond motifs is 1. The van der Waals surface area contributed by atoms with Crippen LogP contribution in [0.5, 0.6) is 0 Å². The van der Waals surface area contributed by atoms with E-state index in [4.69, 9.17) is 11.6 Å². The fourth-order valence-electron chi connectivity index (χ4n) is 2.19. The summed E-state index contributed by atoms with van der Waals surface area (Å²) in [7, 11) is 0. The van der Waals surface area contributed by atoms with Gasteiger partial charge in [0.15, 0.2) is 0 Å². The van der Waals surface area contributed by atoms with Gasteiger partial charge < -0.3 is 10.1 Å². The maximum atomic E-state index is 12.2. The summed E-state index contributed by atoms with van der Waals surface area (Å²) in [5.41, 5.74) is 1.02. The highest BCUT2D eigenvalue weighted by atomic mass is 79.9. The number of benzene rings is 2. The van der Waals surface area contributed by atoms with Gasteiger partial charge in [-0.2, -0.15) is 0 Å². The van der Waals surface area contributed by atoms with Crippen LogP contribution in [0.25, 0.3) is 16.7 Å². The fourth-order valence-corrected chi connectivity index (χ4v) is 2.67. The van der Waals surface area contributed by atoms with Crippen molar-refractivity contribution in [1.29, 1.82) is 0 Å². The van der Waals surface area contributed by atoms with Crippen LogP contribution >= 0.6 is 27.5 Å². The summed E-state index contributed by atoms with van der Waals surface area (Å²) in [6.45, 7) is 0. The monoisotopic (exact) mass is 366 g/mol. The fraction of sp³-hybridized carbons (Fsp3) is 0.